The van der Waals surface area contributed by atoms with Crippen molar-refractivity contribution in [1.29, 1.82) is 0 Å². The smallest absolute Gasteiger partial charge is 0.247 e. The van der Waals surface area contributed by atoms with Crippen LogP contribution in [0.2, 0.25) is 0 Å². The minimum atomic E-state index is -0.0956. The van der Waals surface area contributed by atoms with Crippen molar-refractivity contribution in [3.63, 3.8) is 0 Å². The van der Waals surface area contributed by atoms with Gasteiger partial charge in [-0.3, -0.25) is 4.57 Å². The number of para-hydroxylation sites is 3. The van der Waals surface area contributed by atoms with Crippen LogP contribution in [0.5, 0.6) is 0 Å². The normalized spacial score (nSPS) is 16.1. The Morgan fingerprint density at radius 1 is 0.515 bits per heavy atom. The van der Waals surface area contributed by atoms with Gasteiger partial charge in [-0.25, -0.2) is 0 Å². The molecule has 0 amide bonds. The highest BCUT2D eigenvalue weighted by Crippen LogP contribution is 2.53. The first-order valence-corrected chi connectivity index (χ1v) is 24.4. The van der Waals surface area contributed by atoms with E-state index in [1.165, 1.54) is 60.8 Å². The Morgan fingerprint density at radius 3 is 1.74 bits per heavy atom. The van der Waals surface area contributed by atoms with Crippen LogP contribution in [0, 0.1) is 5.41 Å². The summed E-state index contributed by atoms with van der Waals surface area (Å²) in [7, 11) is 0. The molecule has 68 heavy (non-hydrogen) atoms. The summed E-state index contributed by atoms with van der Waals surface area (Å²) in [6.45, 7) is 20.9. The average Bonchev–Trinajstić information content (AvgIpc) is 3.99. The fourth-order valence-electron chi connectivity index (χ4n) is 11.8. The molecule has 0 radical (unpaired) electrons. The van der Waals surface area contributed by atoms with Crippen molar-refractivity contribution >= 4 is 107 Å². The van der Waals surface area contributed by atoms with Crippen molar-refractivity contribution < 1.29 is 8.83 Å². The van der Waals surface area contributed by atoms with Crippen molar-refractivity contribution in [3.05, 3.63) is 180 Å². The molecular weight excluding hydrogens is 830 g/mol. The van der Waals surface area contributed by atoms with E-state index < -0.39 is 0 Å². The maximum absolute atomic E-state index is 6.96. The first kappa shape index (κ1) is 41.0. The molecule has 13 rings (SSSR count). The fraction of sp³-hybridized carbons (Fsp3) is 0.226. The van der Waals surface area contributed by atoms with Crippen LogP contribution < -0.4 is 20.7 Å². The molecule has 6 heteroatoms. The molecule has 3 aromatic heterocycles. The Labute approximate surface area is 399 Å². The number of fused-ring (bicyclic) bond motifs is 12. The lowest BCUT2D eigenvalue weighted by Crippen LogP contribution is -2.60. The molecule has 3 aliphatic rings. The first-order chi connectivity index (χ1) is 32.6. The maximum Gasteiger partial charge on any atom is 0.247 e. The van der Waals surface area contributed by atoms with Gasteiger partial charge in [0.2, 0.25) is 12.4 Å². The van der Waals surface area contributed by atoms with Gasteiger partial charge >= 0.3 is 0 Å². The van der Waals surface area contributed by atoms with E-state index in [0.717, 1.165) is 67.8 Å². The minimum Gasteiger partial charge on any atom is -0.456 e. The molecule has 1 atom stereocenters. The zero-order valence-electron chi connectivity index (χ0n) is 40.5. The highest BCUT2D eigenvalue weighted by atomic mass is 16.3. The van der Waals surface area contributed by atoms with E-state index in [1.54, 1.807) is 0 Å². The average molecular weight is 886 g/mol. The molecule has 2 aliphatic heterocycles. The molecule has 1 unspecified atom stereocenters. The van der Waals surface area contributed by atoms with Crippen LogP contribution in [-0.2, 0) is 10.8 Å². The number of hydrogen-bond donors (Lipinski definition) is 0. The third-order valence-corrected chi connectivity index (χ3v) is 15.3. The summed E-state index contributed by atoms with van der Waals surface area (Å²) in [6.07, 6.45) is 3.40. The highest BCUT2D eigenvalue weighted by molar-refractivity contribution is 6.95. The summed E-state index contributed by atoms with van der Waals surface area (Å²) in [5.74, 6) is 0. The summed E-state index contributed by atoms with van der Waals surface area (Å²) < 4.78 is 16.1. The van der Waals surface area contributed by atoms with Crippen molar-refractivity contribution in [1.82, 2.24) is 4.57 Å². The number of benzene rings is 7. The number of hydrogen-bond acceptors (Lipinski definition) is 4. The van der Waals surface area contributed by atoms with E-state index in [4.69, 9.17) is 8.83 Å². The summed E-state index contributed by atoms with van der Waals surface area (Å²) in [4.78, 5) is 5.15. The number of allylic oxidation sites excluding steroid dienone is 2. The second-order valence-electron chi connectivity index (χ2n) is 22.6. The molecule has 0 saturated carbocycles. The molecule has 0 fully saturated rings. The van der Waals surface area contributed by atoms with Gasteiger partial charge in [0.15, 0.2) is 0 Å². The van der Waals surface area contributed by atoms with E-state index in [2.05, 4.69) is 234 Å². The van der Waals surface area contributed by atoms with Gasteiger partial charge in [0, 0.05) is 44.6 Å². The van der Waals surface area contributed by atoms with Crippen LogP contribution in [0.3, 0.4) is 0 Å². The minimum absolute atomic E-state index is 0.0143. The molecular formula is C62H56BN3O2. The number of rotatable bonds is 4. The van der Waals surface area contributed by atoms with Gasteiger partial charge in [-0.15, -0.1) is 0 Å². The van der Waals surface area contributed by atoms with Crippen molar-refractivity contribution in [2.75, 3.05) is 9.80 Å². The van der Waals surface area contributed by atoms with E-state index in [1.807, 2.05) is 0 Å². The molecule has 0 bridgehead atoms. The summed E-state index contributed by atoms with van der Waals surface area (Å²) in [6, 6.07) is 56.4. The molecule has 5 nitrogen and oxygen atoms in total. The predicted molar refractivity (Wildman–Crippen MR) is 288 cm³/mol. The quantitative estimate of drug-likeness (QED) is 0.165. The SMILES string of the molecule is CC(C)(C)C1=CC2=C3B(c4ccc(N(c5ccc(C(C)(C)C)cc5)c5ccc(C(C)(C)C)cc5)cc4N(c4cccc5oc6ccccc6c45)C3C1)c1cccc3c4c5ccccc5oc4n2c13. The third kappa shape index (κ3) is 5.95. The standard InChI is InChI=1S/C62H56BN3O2/c1-60(2,3)37-24-28-40(29-25-37)64(41-30-26-38(27-31-41)61(4,5)6)42-32-33-46-49(36-42)65(48-20-15-23-54-56(48)44-17-11-12-21-52(44)67-54)50-34-39(62(7,8)9)35-51-57(50)63(46)47-19-14-18-45-55-43-16-10-13-22-53(43)68-59(55)66(51)58(45)47/h10-33,35-36,50H,34H2,1-9H3. The molecule has 334 valence electrons. The zero-order chi connectivity index (χ0) is 46.6. The molecule has 0 saturated heterocycles. The molecule has 0 N–H and O–H groups in total. The molecule has 0 spiro atoms. The number of furan rings is 2. The molecule has 1 aliphatic carbocycles. The monoisotopic (exact) mass is 885 g/mol. The topological polar surface area (TPSA) is 37.7 Å². The van der Waals surface area contributed by atoms with Crippen LogP contribution in [0.15, 0.2) is 178 Å². The van der Waals surface area contributed by atoms with E-state index in [-0.39, 0.29) is 29.0 Å². The first-order valence-electron chi connectivity index (χ1n) is 24.4. The summed E-state index contributed by atoms with van der Waals surface area (Å²) in [5, 5.41) is 5.84. The van der Waals surface area contributed by atoms with Gasteiger partial charge in [0.05, 0.1) is 28.0 Å². The van der Waals surface area contributed by atoms with Gasteiger partial charge in [0.25, 0.3) is 0 Å². The zero-order valence-corrected chi connectivity index (χ0v) is 40.5. The van der Waals surface area contributed by atoms with E-state index in [0.29, 0.717) is 0 Å². The number of aromatic nitrogens is 1. The summed E-state index contributed by atoms with van der Waals surface area (Å²) in [5.41, 5.74) is 19.9. The van der Waals surface area contributed by atoms with Crippen LogP contribution in [0.4, 0.5) is 28.4 Å². The highest BCUT2D eigenvalue weighted by Gasteiger charge is 2.49. The van der Waals surface area contributed by atoms with Gasteiger partial charge in [0.1, 0.15) is 16.7 Å². The second kappa shape index (κ2) is 14.2. The Hall–Kier alpha value is -7.18. The van der Waals surface area contributed by atoms with Crippen LogP contribution in [0.1, 0.15) is 79.9 Å². The summed E-state index contributed by atoms with van der Waals surface area (Å²) >= 11 is 0. The van der Waals surface area contributed by atoms with E-state index in [9.17, 15) is 0 Å². The lowest BCUT2D eigenvalue weighted by molar-refractivity contribution is 0.469. The lowest BCUT2D eigenvalue weighted by atomic mass is 9.31. The fourth-order valence-corrected chi connectivity index (χ4v) is 11.8. The van der Waals surface area contributed by atoms with Crippen LogP contribution in [-0.4, -0.2) is 17.3 Å². The molecule has 10 aromatic rings. The largest absolute Gasteiger partial charge is 0.456 e. The Bertz CT molecular complexity index is 3720. The van der Waals surface area contributed by atoms with Crippen molar-refractivity contribution in [3.8, 4) is 0 Å². The third-order valence-electron chi connectivity index (χ3n) is 15.3. The number of anilines is 5. The second-order valence-corrected chi connectivity index (χ2v) is 22.6. The van der Waals surface area contributed by atoms with Crippen molar-refractivity contribution in [2.24, 2.45) is 5.41 Å². The Balaban J connectivity index is 1.13. The van der Waals surface area contributed by atoms with E-state index >= 15 is 0 Å². The van der Waals surface area contributed by atoms with Crippen LogP contribution in [0.25, 0.3) is 60.6 Å². The van der Waals surface area contributed by atoms with Crippen LogP contribution >= 0.6 is 0 Å². The lowest BCUT2D eigenvalue weighted by Gasteiger charge is -2.49. The number of nitrogens with zero attached hydrogens (tertiary/aromatic N) is 3. The molecule has 5 heterocycles. The van der Waals surface area contributed by atoms with Gasteiger partial charge in [-0.2, -0.15) is 0 Å². The molecule has 7 aromatic carbocycles. The Kier molecular flexibility index (Phi) is 8.56. The maximum atomic E-state index is 6.96. The predicted octanol–water partition coefficient (Wildman–Crippen LogP) is 15.8. The Morgan fingerprint density at radius 2 is 1.09 bits per heavy atom. The van der Waals surface area contributed by atoms with Gasteiger partial charge in [-0.1, -0.05) is 159 Å². The van der Waals surface area contributed by atoms with Gasteiger partial charge in [-0.05, 0) is 117 Å². The van der Waals surface area contributed by atoms with Gasteiger partial charge < -0.3 is 18.6 Å². The van der Waals surface area contributed by atoms with Crippen molar-refractivity contribution in [2.45, 2.75) is 85.6 Å².